The zero-order chi connectivity index (χ0) is 11.8. The largest absolute Gasteiger partial charge is 0.469 e. The Morgan fingerprint density at radius 3 is 2.53 bits per heavy atom. The number of likely N-dealkylation sites (N-methyl/N-ethyl adjacent to an activating group) is 1. The van der Waals surface area contributed by atoms with E-state index in [4.69, 9.17) is 5.73 Å². The van der Waals surface area contributed by atoms with E-state index in [0.29, 0.717) is 25.8 Å². The molecule has 5 nitrogen and oxygen atoms in total. The maximum Gasteiger partial charge on any atom is 0.305 e. The van der Waals surface area contributed by atoms with Gasteiger partial charge in [-0.25, -0.2) is 0 Å². The van der Waals surface area contributed by atoms with E-state index in [-0.39, 0.29) is 11.9 Å². The molecule has 88 valence electrons. The van der Waals surface area contributed by atoms with Gasteiger partial charge in [0.05, 0.1) is 13.2 Å². The molecule has 0 aliphatic carbocycles. The molecule has 1 atom stereocenters. The Labute approximate surface area is 90.6 Å². The van der Waals surface area contributed by atoms with Crippen LogP contribution in [0.1, 0.15) is 26.2 Å². The average Bonchev–Trinajstić information content (AvgIpc) is 2.26. The Hall–Kier alpha value is -1.10. The molecule has 0 radical (unpaired) electrons. The second kappa shape index (κ2) is 7.23. The number of amides is 1. The van der Waals surface area contributed by atoms with Gasteiger partial charge in [0.15, 0.2) is 0 Å². The smallest absolute Gasteiger partial charge is 0.305 e. The molecule has 0 heterocycles. The number of nitrogens with two attached hydrogens (primary N) is 1. The maximum atomic E-state index is 11.5. The maximum absolute atomic E-state index is 11.5. The summed E-state index contributed by atoms with van der Waals surface area (Å²) in [4.78, 5) is 23.9. The molecule has 1 amide bonds. The predicted octanol–water partition coefficient (Wildman–Crippen LogP) is 0.135. The third-order valence-corrected chi connectivity index (χ3v) is 2.24. The van der Waals surface area contributed by atoms with Crippen LogP contribution in [0, 0.1) is 0 Å². The predicted molar refractivity (Wildman–Crippen MR) is 57.2 cm³/mol. The summed E-state index contributed by atoms with van der Waals surface area (Å²) in [5.74, 6) is -0.335. The van der Waals surface area contributed by atoms with Gasteiger partial charge in [0.25, 0.3) is 0 Å². The van der Waals surface area contributed by atoms with Gasteiger partial charge in [-0.1, -0.05) is 6.92 Å². The average molecular weight is 216 g/mol. The summed E-state index contributed by atoms with van der Waals surface area (Å²) in [5, 5.41) is 0. The van der Waals surface area contributed by atoms with Gasteiger partial charge in [-0.2, -0.15) is 0 Å². The number of nitrogens with zero attached hydrogens (tertiary/aromatic N) is 1. The molecule has 0 aromatic rings. The summed E-state index contributed by atoms with van der Waals surface area (Å²) in [7, 11) is 3.04. The van der Waals surface area contributed by atoms with Gasteiger partial charge in [0.2, 0.25) is 5.91 Å². The summed E-state index contributed by atoms with van der Waals surface area (Å²) in [6.07, 6.45) is 1.56. The molecule has 0 aromatic carbocycles. The van der Waals surface area contributed by atoms with Crippen molar-refractivity contribution in [2.75, 3.05) is 20.7 Å². The first-order chi connectivity index (χ1) is 7.02. The molecule has 0 spiro atoms. The van der Waals surface area contributed by atoms with E-state index in [1.54, 1.807) is 11.9 Å². The number of rotatable bonds is 6. The van der Waals surface area contributed by atoms with Gasteiger partial charge in [-0.3, -0.25) is 9.59 Å². The van der Waals surface area contributed by atoms with Gasteiger partial charge in [0.1, 0.15) is 0 Å². The fraction of sp³-hybridized carbons (Fsp3) is 0.800. The van der Waals surface area contributed by atoms with E-state index in [1.807, 2.05) is 6.92 Å². The lowest BCUT2D eigenvalue weighted by Gasteiger charge is -2.20. The van der Waals surface area contributed by atoms with E-state index < -0.39 is 6.04 Å². The molecule has 0 saturated carbocycles. The quantitative estimate of drug-likeness (QED) is 0.641. The van der Waals surface area contributed by atoms with Gasteiger partial charge in [0, 0.05) is 20.0 Å². The number of methoxy groups -OCH3 is 1. The minimum atomic E-state index is -0.437. The number of hydrogen-bond acceptors (Lipinski definition) is 4. The zero-order valence-corrected chi connectivity index (χ0v) is 9.66. The van der Waals surface area contributed by atoms with E-state index in [1.165, 1.54) is 7.11 Å². The Kier molecular flexibility index (Phi) is 6.70. The van der Waals surface area contributed by atoms with Crippen molar-refractivity contribution < 1.29 is 14.3 Å². The number of esters is 1. The van der Waals surface area contributed by atoms with Crippen LogP contribution in [-0.2, 0) is 14.3 Å². The Bertz CT molecular complexity index is 219. The lowest BCUT2D eigenvalue weighted by molar-refractivity contribution is -0.141. The third-order valence-electron chi connectivity index (χ3n) is 2.24. The van der Waals surface area contributed by atoms with Crippen LogP contribution in [0.2, 0.25) is 0 Å². The monoisotopic (exact) mass is 216 g/mol. The van der Waals surface area contributed by atoms with Crippen LogP contribution in [0.3, 0.4) is 0 Å². The first-order valence-corrected chi connectivity index (χ1v) is 5.10. The highest BCUT2D eigenvalue weighted by atomic mass is 16.5. The number of carbonyl (C=O) groups excluding carboxylic acids is 2. The number of hydrogen-bond donors (Lipinski definition) is 1. The van der Waals surface area contributed by atoms with Crippen molar-refractivity contribution in [3.8, 4) is 0 Å². The lowest BCUT2D eigenvalue weighted by Crippen LogP contribution is -2.41. The molecule has 2 N–H and O–H groups in total. The van der Waals surface area contributed by atoms with Gasteiger partial charge < -0.3 is 15.4 Å². The first-order valence-electron chi connectivity index (χ1n) is 5.10. The zero-order valence-electron chi connectivity index (χ0n) is 9.66. The first kappa shape index (κ1) is 13.9. The van der Waals surface area contributed by atoms with Crippen molar-refractivity contribution in [3.63, 3.8) is 0 Å². The normalized spacial score (nSPS) is 12.0. The van der Waals surface area contributed by atoms with Gasteiger partial charge >= 0.3 is 5.97 Å². The summed E-state index contributed by atoms with van der Waals surface area (Å²) >= 11 is 0. The van der Waals surface area contributed by atoms with Crippen LogP contribution < -0.4 is 5.73 Å². The van der Waals surface area contributed by atoms with Crippen LogP contribution in [-0.4, -0.2) is 43.5 Å². The standard InChI is InChI=1S/C10H20N2O3/c1-4-8(11)10(14)12(2)7-5-6-9(13)15-3/h8H,4-7,11H2,1-3H3. The molecular formula is C10H20N2O3. The molecule has 0 aliphatic rings. The highest BCUT2D eigenvalue weighted by Crippen LogP contribution is 1.98. The summed E-state index contributed by atoms with van der Waals surface area (Å²) < 4.78 is 4.49. The van der Waals surface area contributed by atoms with Crippen molar-refractivity contribution in [2.24, 2.45) is 5.73 Å². The molecule has 1 unspecified atom stereocenters. The van der Waals surface area contributed by atoms with E-state index in [2.05, 4.69) is 4.74 Å². The Morgan fingerprint density at radius 2 is 2.07 bits per heavy atom. The van der Waals surface area contributed by atoms with Crippen LogP contribution in [0.4, 0.5) is 0 Å². The highest BCUT2D eigenvalue weighted by Gasteiger charge is 2.15. The fourth-order valence-corrected chi connectivity index (χ4v) is 1.13. The molecule has 0 saturated heterocycles. The van der Waals surface area contributed by atoms with Gasteiger partial charge in [-0.05, 0) is 12.8 Å². The minimum absolute atomic E-state index is 0.0811. The van der Waals surface area contributed by atoms with Crippen LogP contribution >= 0.6 is 0 Å². The molecule has 15 heavy (non-hydrogen) atoms. The van der Waals surface area contributed by atoms with Crippen molar-refractivity contribution in [1.29, 1.82) is 0 Å². The van der Waals surface area contributed by atoms with E-state index >= 15 is 0 Å². The summed E-state index contributed by atoms with van der Waals surface area (Å²) in [6.45, 7) is 2.40. The third kappa shape index (κ3) is 5.37. The van der Waals surface area contributed by atoms with Crippen LogP contribution in [0.25, 0.3) is 0 Å². The Balaban J connectivity index is 3.78. The number of carbonyl (C=O) groups is 2. The van der Waals surface area contributed by atoms with E-state index in [0.717, 1.165) is 0 Å². The second-order valence-corrected chi connectivity index (χ2v) is 3.45. The van der Waals surface area contributed by atoms with E-state index in [9.17, 15) is 9.59 Å². The van der Waals surface area contributed by atoms with Crippen LogP contribution in [0.15, 0.2) is 0 Å². The molecule has 0 bridgehead atoms. The molecule has 0 fully saturated rings. The topological polar surface area (TPSA) is 72.6 Å². The molecule has 0 aliphatic heterocycles. The van der Waals surface area contributed by atoms with Crippen molar-refractivity contribution >= 4 is 11.9 Å². The van der Waals surface area contributed by atoms with Crippen molar-refractivity contribution in [1.82, 2.24) is 4.90 Å². The Morgan fingerprint density at radius 1 is 1.47 bits per heavy atom. The second-order valence-electron chi connectivity index (χ2n) is 3.45. The highest BCUT2D eigenvalue weighted by molar-refractivity contribution is 5.81. The van der Waals surface area contributed by atoms with Crippen LogP contribution in [0.5, 0.6) is 0 Å². The number of ether oxygens (including phenoxy) is 1. The van der Waals surface area contributed by atoms with Crippen molar-refractivity contribution in [2.45, 2.75) is 32.2 Å². The fourth-order valence-electron chi connectivity index (χ4n) is 1.13. The van der Waals surface area contributed by atoms with Crippen molar-refractivity contribution in [3.05, 3.63) is 0 Å². The molecule has 0 aromatic heterocycles. The summed E-state index contributed by atoms with van der Waals surface area (Å²) in [6, 6.07) is -0.437. The molecule has 5 heteroatoms. The SMILES string of the molecule is CCC(N)C(=O)N(C)CCCC(=O)OC. The molecule has 0 rings (SSSR count). The summed E-state index contributed by atoms with van der Waals surface area (Å²) in [5.41, 5.74) is 5.59. The molecular weight excluding hydrogens is 196 g/mol. The minimum Gasteiger partial charge on any atom is -0.469 e. The lowest BCUT2D eigenvalue weighted by atomic mass is 10.2. The van der Waals surface area contributed by atoms with Gasteiger partial charge in [-0.15, -0.1) is 0 Å².